The molecule has 0 saturated carbocycles. The van der Waals surface area contributed by atoms with E-state index < -0.39 is 5.97 Å². The van der Waals surface area contributed by atoms with Crippen LogP contribution in [0.15, 0.2) is 0 Å². The van der Waals surface area contributed by atoms with E-state index in [1.54, 1.807) is 0 Å². The number of ether oxygens (including phenoxy) is 1. The third kappa shape index (κ3) is 31.5. The summed E-state index contributed by atoms with van der Waals surface area (Å²) in [6, 6.07) is 0. The first-order chi connectivity index (χ1) is 19.6. The van der Waals surface area contributed by atoms with Crippen molar-refractivity contribution in [1.29, 1.82) is 0 Å². The van der Waals surface area contributed by atoms with Gasteiger partial charge in [0.2, 0.25) is 0 Å². The van der Waals surface area contributed by atoms with Gasteiger partial charge in [-0.05, 0) is 32.1 Å². The highest BCUT2D eigenvalue weighted by Gasteiger charge is 2.15. The third-order valence-corrected chi connectivity index (χ3v) is 8.33. The molecule has 0 aromatic rings. The molecule has 0 saturated heterocycles. The maximum Gasteiger partial charge on any atom is 0.306 e. The number of unbranched alkanes of at least 4 members (excludes halogenated alkanes) is 24. The SMILES string of the molecule is CCCCCCCCCCCCCCCCCC(=O)O[C@@H](CCCCCCCCCCCCC)CCCC(=O)O. The molecule has 0 radical (unpaired) electrons. The number of carboxylic acids is 1. The zero-order valence-electron chi connectivity index (χ0n) is 27.2. The molecule has 0 fully saturated rings. The monoisotopic (exact) mass is 567 g/mol. The van der Waals surface area contributed by atoms with Crippen LogP contribution in [0.3, 0.4) is 0 Å². The summed E-state index contributed by atoms with van der Waals surface area (Å²) in [4.78, 5) is 23.4. The summed E-state index contributed by atoms with van der Waals surface area (Å²) >= 11 is 0. The van der Waals surface area contributed by atoms with Crippen LogP contribution in [0.1, 0.15) is 213 Å². The second-order valence-corrected chi connectivity index (χ2v) is 12.4. The lowest BCUT2D eigenvalue weighted by atomic mass is 10.0. The normalized spacial score (nSPS) is 12.1. The molecule has 0 rings (SSSR count). The van der Waals surface area contributed by atoms with Crippen molar-refractivity contribution in [3.63, 3.8) is 0 Å². The highest BCUT2D eigenvalue weighted by Crippen LogP contribution is 2.18. The first-order valence-electron chi connectivity index (χ1n) is 18.0. The molecule has 0 aromatic carbocycles. The maximum atomic E-state index is 12.4. The molecule has 0 aliphatic rings. The lowest BCUT2D eigenvalue weighted by Crippen LogP contribution is -2.18. The molecule has 4 nitrogen and oxygen atoms in total. The Hall–Kier alpha value is -1.06. The largest absolute Gasteiger partial charge is 0.481 e. The van der Waals surface area contributed by atoms with E-state index in [1.807, 2.05) is 0 Å². The van der Waals surface area contributed by atoms with Gasteiger partial charge in [-0.3, -0.25) is 9.59 Å². The van der Waals surface area contributed by atoms with E-state index >= 15 is 0 Å². The summed E-state index contributed by atoms with van der Waals surface area (Å²) in [6.07, 6.45) is 36.8. The van der Waals surface area contributed by atoms with Crippen molar-refractivity contribution in [2.24, 2.45) is 0 Å². The zero-order chi connectivity index (χ0) is 29.4. The highest BCUT2D eigenvalue weighted by molar-refractivity contribution is 5.69. The van der Waals surface area contributed by atoms with Crippen molar-refractivity contribution < 1.29 is 19.4 Å². The molecule has 0 unspecified atom stereocenters. The fourth-order valence-electron chi connectivity index (χ4n) is 5.66. The molecular weight excluding hydrogens is 496 g/mol. The number of hydrogen-bond donors (Lipinski definition) is 1. The average Bonchev–Trinajstić information content (AvgIpc) is 2.93. The maximum absolute atomic E-state index is 12.4. The van der Waals surface area contributed by atoms with E-state index in [1.165, 1.54) is 148 Å². The van der Waals surface area contributed by atoms with Gasteiger partial charge in [-0.25, -0.2) is 0 Å². The highest BCUT2D eigenvalue weighted by atomic mass is 16.5. The first kappa shape index (κ1) is 38.9. The van der Waals surface area contributed by atoms with Crippen LogP contribution in [0, 0.1) is 0 Å². The first-order valence-corrected chi connectivity index (χ1v) is 18.0. The van der Waals surface area contributed by atoms with Gasteiger partial charge in [0.1, 0.15) is 6.10 Å². The Bertz CT molecular complexity index is 533. The van der Waals surface area contributed by atoms with Crippen LogP contribution in [0.5, 0.6) is 0 Å². The summed E-state index contributed by atoms with van der Waals surface area (Å²) in [5.41, 5.74) is 0. The molecule has 0 amide bonds. The molecule has 0 aliphatic heterocycles. The molecule has 0 heterocycles. The fraction of sp³-hybridized carbons (Fsp3) is 0.944. The van der Waals surface area contributed by atoms with Gasteiger partial charge in [0.25, 0.3) is 0 Å². The summed E-state index contributed by atoms with van der Waals surface area (Å²) in [7, 11) is 0. The smallest absolute Gasteiger partial charge is 0.306 e. The lowest BCUT2D eigenvalue weighted by Gasteiger charge is -2.18. The van der Waals surface area contributed by atoms with Crippen LogP contribution in [0.2, 0.25) is 0 Å². The van der Waals surface area contributed by atoms with Crippen LogP contribution in [-0.2, 0) is 14.3 Å². The Labute approximate surface area is 250 Å². The molecule has 238 valence electrons. The van der Waals surface area contributed by atoms with Crippen LogP contribution in [-0.4, -0.2) is 23.1 Å². The topological polar surface area (TPSA) is 63.6 Å². The number of esters is 1. The minimum absolute atomic E-state index is 0.0851. The standard InChI is InChI=1S/C36H70O4/c1-3-5-7-9-11-13-15-16-17-18-20-22-24-26-28-33-36(39)40-34(31-29-32-35(37)38)30-27-25-23-21-19-14-12-10-8-6-4-2/h34H,3-33H2,1-2H3,(H,37,38)/t34-/m0/s1. The summed E-state index contributed by atoms with van der Waals surface area (Å²) in [6.45, 7) is 4.54. The Balaban J connectivity index is 3.77. The van der Waals surface area contributed by atoms with E-state index in [0.29, 0.717) is 19.3 Å². The second-order valence-electron chi connectivity index (χ2n) is 12.4. The van der Waals surface area contributed by atoms with E-state index in [2.05, 4.69) is 13.8 Å². The van der Waals surface area contributed by atoms with Gasteiger partial charge in [-0.2, -0.15) is 0 Å². The Morgan fingerprint density at radius 1 is 0.450 bits per heavy atom. The van der Waals surface area contributed by atoms with Crippen molar-refractivity contribution in [3.8, 4) is 0 Å². The summed E-state index contributed by atoms with van der Waals surface area (Å²) in [5.74, 6) is -0.851. The average molecular weight is 567 g/mol. The molecule has 0 aliphatic carbocycles. The number of rotatable bonds is 33. The van der Waals surface area contributed by atoms with Gasteiger partial charge in [0, 0.05) is 12.8 Å². The van der Waals surface area contributed by atoms with Crippen molar-refractivity contribution in [2.45, 2.75) is 219 Å². The van der Waals surface area contributed by atoms with Gasteiger partial charge < -0.3 is 9.84 Å². The molecule has 1 N–H and O–H groups in total. The molecule has 0 spiro atoms. The number of carboxylic acid groups (broad SMARTS) is 1. The van der Waals surface area contributed by atoms with Crippen LogP contribution < -0.4 is 0 Å². The Morgan fingerprint density at radius 2 is 0.775 bits per heavy atom. The van der Waals surface area contributed by atoms with Gasteiger partial charge in [-0.15, -0.1) is 0 Å². The minimum Gasteiger partial charge on any atom is -0.481 e. The van der Waals surface area contributed by atoms with E-state index in [-0.39, 0.29) is 18.5 Å². The third-order valence-electron chi connectivity index (χ3n) is 8.33. The molecule has 40 heavy (non-hydrogen) atoms. The van der Waals surface area contributed by atoms with Crippen molar-refractivity contribution in [1.82, 2.24) is 0 Å². The van der Waals surface area contributed by atoms with Crippen molar-refractivity contribution in [2.75, 3.05) is 0 Å². The fourth-order valence-corrected chi connectivity index (χ4v) is 5.66. The number of aliphatic carboxylic acids is 1. The lowest BCUT2D eigenvalue weighted by molar-refractivity contribution is -0.150. The van der Waals surface area contributed by atoms with E-state index in [4.69, 9.17) is 9.84 Å². The number of hydrogen-bond acceptors (Lipinski definition) is 3. The van der Waals surface area contributed by atoms with Crippen LogP contribution >= 0.6 is 0 Å². The Morgan fingerprint density at radius 3 is 1.15 bits per heavy atom. The van der Waals surface area contributed by atoms with Gasteiger partial charge in [0.05, 0.1) is 0 Å². The molecule has 1 atom stereocenters. The van der Waals surface area contributed by atoms with Crippen LogP contribution in [0.25, 0.3) is 0 Å². The zero-order valence-corrected chi connectivity index (χ0v) is 27.2. The van der Waals surface area contributed by atoms with Gasteiger partial charge >= 0.3 is 11.9 Å². The Kier molecular flexibility index (Phi) is 31.6. The second kappa shape index (κ2) is 32.5. The summed E-state index contributed by atoms with van der Waals surface area (Å²) < 4.78 is 5.81. The molecule has 0 bridgehead atoms. The number of carbonyl (C=O) groups is 2. The van der Waals surface area contributed by atoms with Gasteiger partial charge in [0.15, 0.2) is 0 Å². The van der Waals surface area contributed by atoms with Crippen molar-refractivity contribution in [3.05, 3.63) is 0 Å². The van der Waals surface area contributed by atoms with E-state index in [0.717, 1.165) is 25.7 Å². The molecular formula is C36H70O4. The predicted molar refractivity (Wildman–Crippen MR) is 172 cm³/mol. The summed E-state index contributed by atoms with van der Waals surface area (Å²) in [5, 5.41) is 8.98. The predicted octanol–water partition coefficient (Wildman–Crippen LogP) is 12.1. The van der Waals surface area contributed by atoms with Gasteiger partial charge in [-0.1, -0.05) is 168 Å². The quantitative estimate of drug-likeness (QED) is 0.0633. The number of carbonyl (C=O) groups excluding carboxylic acids is 1. The van der Waals surface area contributed by atoms with Crippen molar-refractivity contribution >= 4 is 11.9 Å². The molecule has 0 aromatic heterocycles. The van der Waals surface area contributed by atoms with E-state index in [9.17, 15) is 9.59 Å². The molecule has 4 heteroatoms. The van der Waals surface area contributed by atoms with Crippen LogP contribution in [0.4, 0.5) is 0 Å². The minimum atomic E-state index is -0.766.